The molecule has 2 aromatic rings. The van der Waals surface area contributed by atoms with E-state index in [1.807, 2.05) is 13.8 Å². The van der Waals surface area contributed by atoms with Crippen molar-refractivity contribution >= 4 is 33.8 Å². The molecule has 1 atom stereocenters. The molecule has 4 rings (SSSR count). The number of hydrogen-bond donors (Lipinski definition) is 3. The maximum Gasteiger partial charge on any atom is 0.348 e. The van der Waals surface area contributed by atoms with E-state index in [4.69, 9.17) is 5.73 Å². The predicted octanol–water partition coefficient (Wildman–Crippen LogP) is 4.37. The minimum Gasteiger partial charge on any atom is -0.477 e. The molecule has 5 nitrogen and oxygen atoms in total. The molecule has 1 aliphatic carbocycles. The molecular weight excluding hydrogens is 367 g/mol. The zero-order valence-electron chi connectivity index (χ0n) is 14.9. The second-order valence-corrected chi connectivity index (χ2v) is 8.86. The van der Waals surface area contributed by atoms with Crippen molar-refractivity contribution in [1.29, 1.82) is 0 Å². The maximum absolute atomic E-state index is 13.5. The number of rotatable bonds is 2. The van der Waals surface area contributed by atoms with Crippen LogP contribution in [0.25, 0.3) is 0 Å². The van der Waals surface area contributed by atoms with Gasteiger partial charge in [0, 0.05) is 29.2 Å². The number of halogens is 1. The van der Waals surface area contributed by atoms with Gasteiger partial charge in [-0.1, -0.05) is 26.0 Å². The molecule has 1 aromatic heterocycles. The third kappa shape index (κ3) is 2.82. The van der Waals surface area contributed by atoms with E-state index in [9.17, 15) is 19.1 Å². The van der Waals surface area contributed by atoms with Crippen molar-refractivity contribution in [2.24, 2.45) is 5.41 Å². The summed E-state index contributed by atoms with van der Waals surface area (Å²) in [6.07, 6.45) is 1.07. The van der Waals surface area contributed by atoms with Gasteiger partial charge in [0.05, 0.1) is 10.7 Å². The monoisotopic (exact) mass is 386 g/mol. The molecule has 0 amide bonds. The largest absolute Gasteiger partial charge is 0.477 e. The van der Waals surface area contributed by atoms with Crippen LogP contribution in [0.5, 0.6) is 0 Å². The van der Waals surface area contributed by atoms with E-state index >= 15 is 0 Å². The van der Waals surface area contributed by atoms with Gasteiger partial charge in [-0.3, -0.25) is 4.79 Å². The van der Waals surface area contributed by atoms with Crippen molar-refractivity contribution < 1.29 is 19.1 Å². The lowest BCUT2D eigenvalue weighted by atomic mass is 9.69. The van der Waals surface area contributed by atoms with Gasteiger partial charge in [0.25, 0.3) is 0 Å². The number of nitrogen functional groups attached to an aromatic ring is 1. The van der Waals surface area contributed by atoms with Crippen LogP contribution in [-0.2, 0) is 4.79 Å². The highest BCUT2D eigenvalue weighted by Crippen LogP contribution is 2.53. The zero-order valence-corrected chi connectivity index (χ0v) is 15.7. The fraction of sp³-hybridized carbons (Fsp3) is 0.300. The van der Waals surface area contributed by atoms with Crippen LogP contribution < -0.4 is 11.1 Å². The number of thiophene rings is 1. The number of allylic oxidation sites excluding steroid dienone is 2. The summed E-state index contributed by atoms with van der Waals surface area (Å²) in [7, 11) is 0. The Morgan fingerprint density at radius 2 is 1.96 bits per heavy atom. The van der Waals surface area contributed by atoms with Crippen molar-refractivity contribution in [2.45, 2.75) is 32.6 Å². The predicted molar refractivity (Wildman–Crippen MR) is 103 cm³/mol. The summed E-state index contributed by atoms with van der Waals surface area (Å²) in [6, 6.07) is 5.94. The Labute approximate surface area is 159 Å². The van der Waals surface area contributed by atoms with Gasteiger partial charge in [0.15, 0.2) is 5.78 Å². The number of carbonyl (C=O) groups excluding carboxylic acids is 1. The van der Waals surface area contributed by atoms with Crippen LogP contribution in [0.3, 0.4) is 0 Å². The number of anilines is 2. The molecule has 140 valence electrons. The van der Waals surface area contributed by atoms with Gasteiger partial charge in [-0.2, -0.15) is 0 Å². The minimum absolute atomic E-state index is 0.0104. The number of carboxylic acids is 1. The summed E-state index contributed by atoms with van der Waals surface area (Å²) in [5.41, 5.74) is 8.88. The van der Waals surface area contributed by atoms with E-state index < -0.39 is 11.9 Å². The summed E-state index contributed by atoms with van der Waals surface area (Å²) in [5.74, 6) is -1.96. The number of fused-ring (bicyclic) bond motifs is 1. The quantitative estimate of drug-likeness (QED) is 0.713. The van der Waals surface area contributed by atoms with E-state index in [0.717, 1.165) is 22.6 Å². The number of Topliss-reactive ketones (excluding diaryl/α,β-unsaturated/α-hetero) is 1. The summed E-state index contributed by atoms with van der Waals surface area (Å²) in [4.78, 5) is 24.7. The summed E-state index contributed by atoms with van der Waals surface area (Å²) in [5, 5.41) is 13.4. The second kappa shape index (κ2) is 5.92. The van der Waals surface area contributed by atoms with Crippen molar-refractivity contribution in [3.8, 4) is 0 Å². The van der Waals surface area contributed by atoms with Crippen LogP contribution in [-0.4, -0.2) is 16.9 Å². The zero-order chi connectivity index (χ0) is 19.5. The van der Waals surface area contributed by atoms with E-state index in [1.54, 1.807) is 12.1 Å². The Kier molecular flexibility index (Phi) is 3.89. The van der Waals surface area contributed by atoms with E-state index in [1.165, 1.54) is 12.1 Å². The van der Waals surface area contributed by atoms with Gasteiger partial charge in [0.1, 0.15) is 10.7 Å². The number of carboxylic acid groups (broad SMARTS) is 1. The normalized spacial score (nSPS) is 20.7. The lowest BCUT2D eigenvalue weighted by Crippen LogP contribution is -2.33. The molecular formula is C20H19FN2O3S. The molecule has 0 spiro atoms. The smallest absolute Gasteiger partial charge is 0.348 e. The molecule has 7 heteroatoms. The fourth-order valence-electron chi connectivity index (χ4n) is 4.05. The number of carbonyl (C=O) groups is 2. The molecule has 0 fully saturated rings. The van der Waals surface area contributed by atoms with E-state index in [0.29, 0.717) is 29.0 Å². The maximum atomic E-state index is 13.5. The van der Waals surface area contributed by atoms with Crippen molar-refractivity contribution in [3.05, 3.63) is 57.4 Å². The Hall–Kier alpha value is -2.67. The molecule has 2 aliphatic rings. The highest BCUT2D eigenvalue weighted by molar-refractivity contribution is 7.18. The molecule has 0 saturated heterocycles. The van der Waals surface area contributed by atoms with Gasteiger partial charge in [-0.15, -0.1) is 11.3 Å². The summed E-state index contributed by atoms with van der Waals surface area (Å²) < 4.78 is 13.5. The number of nitrogens with two attached hydrogens (primary N) is 1. The van der Waals surface area contributed by atoms with Gasteiger partial charge in [-0.25, -0.2) is 9.18 Å². The molecule has 4 N–H and O–H groups in total. The fourth-order valence-corrected chi connectivity index (χ4v) is 5.07. The lowest BCUT2D eigenvalue weighted by Gasteiger charge is -2.38. The second-order valence-electron chi connectivity index (χ2n) is 7.84. The Morgan fingerprint density at radius 3 is 2.59 bits per heavy atom. The summed E-state index contributed by atoms with van der Waals surface area (Å²) >= 11 is 1.07. The Balaban J connectivity index is 1.96. The van der Waals surface area contributed by atoms with Crippen LogP contribution in [0.15, 0.2) is 35.5 Å². The molecule has 1 unspecified atom stereocenters. The SMILES string of the molecule is CC1(C)CC(=O)C2=C(C1)Nc1sc(C(=O)O)c(N)c1C2c1ccc(F)cc1. The molecule has 0 bridgehead atoms. The average molecular weight is 386 g/mol. The number of ketones is 1. The Morgan fingerprint density at radius 1 is 1.30 bits per heavy atom. The first kappa shape index (κ1) is 17.7. The third-order valence-electron chi connectivity index (χ3n) is 5.14. The van der Waals surface area contributed by atoms with Gasteiger partial charge in [0.2, 0.25) is 0 Å². The first-order chi connectivity index (χ1) is 12.7. The van der Waals surface area contributed by atoms with Gasteiger partial charge in [-0.05, 0) is 29.5 Å². The highest BCUT2D eigenvalue weighted by Gasteiger charge is 2.43. The molecule has 0 radical (unpaired) electrons. The number of benzene rings is 1. The van der Waals surface area contributed by atoms with Crippen LogP contribution in [0.2, 0.25) is 0 Å². The first-order valence-electron chi connectivity index (χ1n) is 8.62. The molecule has 1 aliphatic heterocycles. The molecule has 1 aromatic carbocycles. The molecule has 27 heavy (non-hydrogen) atoms. The van der Waals surface area contributed by atoms with Crippen LogP contribution in [0.1, 0.15) is 53.4 Å². The van der Waals surface area contributed by atoms with Crippen molar-refractivity contribution in [3.63, 3.8) is 0 Å². The van der Waals surface area contributed by atoms with Gasteiger partial charge >= 0.3 is 5.97 Å². The Bertz CT molecular complexity index is 1000. The number of hydrogen-bond acceptors (Lipinski definition) is 5. The first-order valence-corrected chi connectivity index (χ1v) is 9.44. The van der Waals surface area contributed by atoms with Crippen molar-refractivity contribution in [1.82, 2.24) is 0 Å². The van der Waals surface area contributed by atoms with Crippen LogP contribution in [0, 0.1) is 11.2 Å². The summed E-state index contributed by atoms with van der Waals surface area (Å²) in [6.45, 7) is 4.06. The van der Waals surface area contributed by atoms with Crippen LogP contribution in [0.4, 0.5) is 15.1 Å². The van der Waals surface area contributed by atoms with E-state index in [2.05, 4.69) is 5.32 Å². The minimum atomic E-state index is -1.10. The van der Waals surface area contributed by atoms with Gasteiger partial charge < -0.3 is 16.2 Å². The topological polar surface area (TPSA) is 92.4 Å². The number of aromatic carboxylic acids is 1. The van der Waals surface area contributed by atoms with E-state index in [-0.39, 0.29) is 27.6 Å². The average Bonchev–Trinajstić information content (AvgIpc) is 2.89. The third-order valence-corrected chi connectivity index (χ3v) is 6.27. The highest BCUT2D eigenvalue weighted by atomic mass is 32.1. The molecule has 0 saturated carbocycles. The molecule has 2 heterocycles. The lowest BCUT2D eigenvalue weighted by molar-refractivity contribution is -0.118. The number of nitrogens with one attached hydrogen (secondary N) is 1. The standard InChI is InChI=1S/C20H19FN2O3S/c1-20(2)7-11-14(12(24)8-20)13(9-3-5-10(21)6-4-9)15-16(22)17(19(25)26)27-18(15)23-11/h3-6,13,23H,7-8,22H2,1-2H3,(H,25,26). The van der Waals surface area contributed by atoms with Crippen LogP contribution >= 0.6 is 11.3 Å². The van der Waals surface area contributed by atoms with Crippen molar-refractivity contribution in [2.75, 3.05) is 11.1 Å².